The second kappa shape index (κ2) is 7.12. The van der Waals surface area contributed by atoms with Gasteiger partial charge in [0.05, 0.1) is 17.9 Å². The minimum atomic E-state index is -0.422. The van der Waals surface area contributed by atoms with Gasteiger partial charge >= 0.3 is 5.97 Å². The number of cyclic esters (lactones) is 1. The Bertz CT molecular complexity index is 716. The molecule has 4 rings (SSSR count). The van der Waals surface area contributed by atoms with Crippen LogP contribution in [0, 0.1) is 30.6 Å². The highest BCUT2D eigenvalue weighted by Gasteiger charge is 2.51. The number of carbonyl (C=O) groups excluding carboxylic acids is 1. The molecule has 1 aromatic carbocycles. The number of esters is 1. The highest BCUT2D eigenvalue weighted by molar-refractivity contribution is 5.85. The van der Waals surface area contributed by atoms with Crippen LogP contribution in [0.25, 0.3) is 0 Å². The van der Waals surface area contributed by atoms with Gasteiger partial charge < -0.3 is 14.4 Å². The number of fused-ring (bicyclic) bond motifs is 3. The third-order valence-corrected chi connectivity index (χ3v) is 7.04. The predicted molar refractivity (Wildman–Crippen MR) is 107 cm³/mol. The molecule has 27 heavy (non-hydrogen) atoms. The molecule has 0 N–H and O–H groups in total. The Morgan fingerprint density at radius 1 is 1.26 bits per heavy atom. The van der Waals surface area contributed by atoms with Gasteiger partial charge in [0.15, 0.2) is 0 Å². The van der Waals surface area contributed by atoms with Crippen LogP contribution in [0.4, 0.5) is 5.69 Å². The number of benzene rings is 1. The third kappa shape index (κ3) is 3.26. The van der Waals surface area contributed by atoms with Crippen molar-refractivity contribution in [1.29, 1.82) is 0 Å². The van der Waals surface area contributed by atoms with Crippen LogP contribution in [0.2, 0.25) is 0 Å². The Morgan fingerprint density at radius 3 is 2.78 bits per heavy atom. The highest BCUT2D eigenvalue weighted by atomic mass is 16.7. The molecule has 148 valence electrons. The normalized spacial score (nSPS) is 35.8. The molecule has 1 saturated heterocycles. The number of rotatable bonds is 3. The number of carbonyl (C=O) groups is 1. The van der Waals surface area contributed by atoms with E-state index in [1.807, 2.05) is 0 Å². The van der Waals surface area contributed by atoms with Crippen LogP contribution in [-0.2, 0) is 14.3 Å². The summed E-state index contributed by atoms with van der Waals surface area (Å²) in [5.74, 6) is 1.58. The van der Waals surface area contributed by atoms with Crippen LogP contribution < -0.4 is 4.90 Å². The second-order valence-corrected chi connectivity index (χ2v) is 9.34. The number of anilines is 1. The predicted octanol–water partition coefficient (Wildman–Crippen LogP) is 4.50. The molecule has 0 aromatic heterocycles. The zero-order chi connectivity index (χ0) is 19.3. The Morgan fingerprint density at radius 2 is 2.04 bits per heavy atom. The molecule has 0 bridgehead atoms. The summed E-state index contributed by atoms with van der Waals surface area (Å²) in [6.07, 6.45) is 3.32. The molecular formula is C23H33NO3. The summed E-state index contributed by atoms with van der Waals surface area (Å²) in [5.41, 5.74) is 3.45. The SMILES string of the molecule is Cc1cccc2c1[C@H]1C(=O)O[C@@H](O[C@@H]3C[C@H](C)CC[C@H]3C(C)C)[C@H]1CN2C. The molecule has 6 atom stereocenters. The fraction of sp³-hybridized carbons (Fsp3) is 0.696. The Labute approximate surface area is 163 Å². The van der Waals surface area contributed by atoms with E-state index in [-0.39, 0.29) is 23.9 Å². The lowest BCUT2D eigenvalue weighted by Gasteiger charge is -2.40. The molecule has 2 aliphatic heterocycles. The molecule has 1 saturated carbocycles. The van der Waals surface area contributed by atoms with Crippen LogP contribution in [0.15, 0.2) is 18.2 Å². The first-order valence-corrected chi connectivity index (χ1v) is 10.5. The van der Waals surface area contributed by atoms with Crippen molar-refractivity contribution in [1.82, 2.24) is 0 Å². The quantitative estimate of drug-likeness (QED) is 0.733. The van der Waals surface area contributed by atoms with E-state index >= 15 is 0 Å². The van der Waals surface area contributed by atoms with E-state index in [4.69, 9.17) is 9.47 Å². The molecule has 3 aliphatic rings. The standard InChI is InChI=1S/C23H33NO3/c1-13(2)16-10-9-14(3)11-19(16)26-23-17-12-24(5)18-8-6-7-15(4)20(18)21(17)22(25)27-23/h6-8,13-14,16-17,19,21,23H,9-12H2,1-5H3/t14-,16+,17+,19-,21+,23-/m1/s1. The van der Waals surface area contributed by atoms with Gasteiger partial charge in [-0.3, -0.25) is 4.79 Å². The van der Waals surface area contributed by atoms with Crippen molar-refractivity contribution in [3.63, 3.8) is 0 Å². The zero-order valence-corrected chi connectivity index (χ0v) is 17.3. The Hall–Kier alpha value is -1.55. The minimum Gasteiger partial charge on any atom is -0.435 e. The second-order valence-electron chi connectivity index (χ2n) is 9.34. The molecule has 4 nitrogen and oxygen atoms in total. The molecule has 0 spiro atoms. The first-order chi connectivity index (χ1) is 12.9. The van der Waals surface area contributed by atoms with Crippen LogP contribution in [0.1, 0.15) is 57.1 Å². The zero-order valence-electron chi connectivity index (χ0n) is 17.3. The van der Waals surface area contributed by atoms with E-state index in [1.165, 1.54) is 12.8 Å². The summed E-state index contributed by atoms with van der Waals surface area (Å²) in [6, 6.07) is 6.27. The Kier molecular flexibility index (Phi) is 4.96. The lowest BCUT2D eigenvalue weighted by Crippen LogP contribution is -2.43. The first-order valence-electron chi connectivity index (χ1n) is 10.5. The van der Waals surface area contributed by atoms with Crippen LogP contribution >= 0.6 is 0 Å². The van der Waals surface area contributed by atoms with Gasteiger partial charge in [-0.05, 0) is 54.7 Å². The van der Waals surface area contributed by atoms with Crippen LogP contribution in [0.3, 0.4) is 0 Å². The topological polar surface area (TPSA) is 38.8 Å². The van der Waals surface area contributed by atoms with Crippen molar-refractivity contribution in [2.24, 2.45) is 23.7 Å². The van der Waals surface area contributed by atoms with Gasteiger partial charge in [0.2, 0.25) is 6.29 Å². The van der Waals surface area contributed by atoms with Crippen LogP contribution in [-0.4, -0.2) is 32.0 Å². The van der Waals surface area contributed by atoms with Gasteiger partial charge in [0.25, 0.3) is 0 Å². The van der Waals surface area contributed by atoms with Crippen molar-refractivity contribution in [3.8, 4) is 0 Å². The first kappa shape index (κ1) is 18.8. The van der Waals surface area contributed by atoms with E-state index in [2.05, 4.69) is 57.8 Å². The summed E-state index contributed by atoms with van der Waals surface area (Å²) in [5, 5.41) is 0. The molecule has 0 unspecified atom stereocenters. The number of nitrogens with zero attached hydrogens (tertiary/aromatic N) is 1. The number of ether oxygens (including phenoxy) is 2. The maximum absolute atomic E-state index is 12.8. The van der Waals surface area contributed by atoms with E-state index in [0.29, 0.717) is 17.8 Å². The Balaban J connectivity index is 1.60. The molecule has 0 amide bonds. The highest BCUT2D eigenvalue weighted by Crippen LogP contribution is 2.48. The van der Waals surface area contributed by atoms with Crippen molar-refractivity contribution in [3.05, 3.63) is 29.3 Å². The smallest absolute Gasteiger partial charge is 0.316 e. The average molecular weight is 372 g/mol. The molecule has 0 radical (unpaired) electrons. The summed E-state index contributed by atoms with van der Waals surface area (Å²) in [4.78, 5) is 15.1. The average Bonchev–Trinajstić information content (AvgIpc) is 2.90. The summed E-state index contributed by atoms with van der Waals surface area (Å²) < 4.78 is 12.4. The molecule has 4 heteroatoms. The molecule has 2 heterocycles. The lowest BCUT2D eigenvalue weighted by atomic mass is 9.75. The lowest BCUT2D eigenvalue weighted by molar-refractivity contribution is -0.195. The fourth-order valence-electron chi connectivity index (χ4n) is 5.52. The number of hydrogen-bond donors (Lipinski definition) is 0. The molecular weight excluding hydrogens is 338 g/mol. The van der Waals surface area contributed by atoms with Gasteiger partial charge in [-0.25, -0.2) is 0 Å². The van der Waals surface area contributed by atoms with E-state index in [9.17, 15) is 4.79 Å². The van der Waals surface area contributed by atoms with Crippen molar-refractivity contribution < 1.29 is 14.3 Å². The van der Waals surface area contributed by atoms with Gasteiger partial charge in [-0.15, -0.1) is 0 Å². The van der Waals surface area contributed by atoms with E-state index in [1.54, 1.807) is 0 Å². The van der Waals surface area contributed by atoms with Crippen molar-refractivity contribution >= 4 is 11.7 Å². The summed E-state index contributed by atoms with van der Waals surface area (Å²) >= 11 is 0. The number of hydrogen-bond acceptors (Lipinski definition) is 4. The van der Waals surface area contributed by atoms with E-state index < -0.39 is 6.29 Å². The van der Waals surface area contributed by atoms with Crippen molar-refractivity contribution in [2.45, 2.75) is 65.3 Å². The van der Waals surface area contributed by atoms with Crippen molar-refractivity contribution in [2.75, 3.05) is 18.5 Å². The fourth-order valence-corrected chi connectivity index (χ4v) is 5.52. The summed E-state index contributed by atoms with van der Waals surface area (Å²) in [7, 11) is 2.11. The van der Waals surface area contributed by atoms with Gasteiger partial charge in [0.1, 0.15) is 0 Å². The molecule has 2 fully saturated rings. The maximum Gasteiger partial charge on any atom is 0.316 e. The molecule has 1 aliphatic carbocycles. The van der Waals surface area contributed by atoms with Gasteiger partial charge in [0, 0.05) is 19.3 Å². The van der Waals surface area contributed by atoms with Gasteiger partial charge in [-0.1, -0.05) is 39.3 Å². The van der Waals surface area contributed by atoms with Gasteiger partial charge in [-0.2, -0.15) is 0 Å². The van der Waals surface area contributed by atoms with E-state index in [0.717, 1.165) is 29.8 Å². The minimum absolute atomic E-state index is 0.0705. The van der Waals surface area contributed by atoms with Crippen LogP contribution in [0.5, 0.6) is 0 Å². The monoisotopic (exact) mass is 371 g/mol. The largest absolute Gasteiger partial charge is 0.435 e. The number of aryl methyl sites for hydroxylation is 1. The maximum atomic E-state index is 12.8. The third-order valence-electron chi connectivity index (χ3n) is 7.04. The molecule has 1 aromatic rings. The summed E-state index contributed by atoms with van der Waals surface area (Å²) in [6.45, 7) is 9.77.